The van der Waals surface area contributed by atoms with E-state index in [1.807, 2.05) is 48.0 Å². The summed E-state index contributed by atoms with van der Waals surface area (Å²) in [5.74, 6) is 0.0645. The summed E-state index contributed by atoms with van der Waals surface area (Å²) in [5.41, 5.74) is 3.82. The molecule has 23 heavy (non-hydrogen) atoms. The molecule has 0 amide bonds. The molecular weight excluding hydrogens is 314 g/mol. The maximum atomic E-state index is 5.96. The second-order valence-electron chi connectivity index (χ2n) is 5.67. The van der Waals surface area contributed by atoms with Crippen molar-refractivity contribution in [2.45, 2.75) is 32.3 Å². The average Bonchev–Trinajstić information content (AvgIpc) is 2.96. The molecule has 0 radical (unpaired) electrons. The number of rotatable bonds is 3. The monoisotopic (exact) mass is 329 g/mol. The van der Waals surface area contributed by atoms with Crippen LogP contribution in [0.4, 0.5) is 0 Å². The summed E-state index contributed by atoms with van der Waals surface area (Å²) in [6.07, 6.45) is 3.25. The predicted molar refractivity (Wildman–Crippen MR) is 87.3 cm³/mol. The number of ether oxygens (including phenoxy) is 2. The molecule has 1 fully saturated rings. The first kappa shape index (κ1) is 14.6. The lowest BCUT2D eigenvalue weighted by Gasteiger charge is -2.37. The van der Waals surface area contributed by atoms with Crippen molar-refractivity contribution in [3.05, 3.63) is 53.4 Å². The Morgan fingerprint density at radius 1 is 1.17 bits per heavy atom. The molecule has 1 aliphatic rings. The molecule has 5 nitrogen and oxygen atoms in total. The second-order valence-corrected chi connectivity index (χ2v) is 6.10. The largest absolute Gasteiger partial charge is 0.323 e. The molecule has 1 unspecified atom stereocenters. The highest BCUT2D eigenvalue weighted by Gasteiger charge is 2.34. The van der Waals surface area contributed by atoms with Crippen LogP contribution in [0.3, 0.4) is 0 Å². The maximum Gasteiger partial charge on any atom is 0.171 e. The van der Waals surface area contributed by atoms with Gasteiger partial charge in [0.15, 0.2) is 18.2 Å². The van der Waals surface area contributed by atoms with Crippen LogP contribution in [0.1, 0.15) is 25.5 Å². The van der Waals surface area contributed by atoms with Gasteiger partial charge in [0.1, 0.15) is 0 Å². The third-order valence-electron chi connectivity index (χ3n) is 4.11. The summed E-state index contributed by atoms with van der Waals surface area (Å²) in [5, 5.41) is 5.22. The van der Waals surface area contributed by atoms with Gasteiger partial charge in [0.2, 0.25) is 0 Å². The molecule has 4 rings (SSSR count). The van der Waals surface area contributed by atoms with Crippen molar-refractivity contribution < 1.29 is 9.47 Å². The molecule has 6 heteroatoms. The number of hydrogen-bond donors (Lipinski definition) is 0. The van der Waals surface area contributed by atoms with Crippen LogP contribution in [0.2, 0.25) is 5.02 Å². The molecule has 3 heterocycles. The Labute approximate surface area is 138 Å². The third kappa shape index (κ3) is 2.51. The van der Waals surface area contributed by atoms with E-state index in [2.05, 4.69) is 17.0 Å². The highest BCUT2D eigenvalue weighted by atomic mass is 35.5. The van der Waals surface area contributed by atoms with Gasteiger partial charge in [-0.25, -0.2) is 9.50 Å². The van der Waals surface area contributed by atoms with Gasteiger partial charge in [0, 0.05) is 16.8 Å². The van der Waals surface area contributed by atoms with Crippen molar-refractivity contribution in [3.63, 3.8) is 0 Å². The lowest BCUT2D eigenvalue weighted by atomic mass is 10.1. The number of nitrogens with zero attached hydrogens (tertiary/aromatic N) is 3. The molecule has 1 saturated heterocycles. The van der Waals surface area contributed by atoms with Gasteiger partial charge in [-0.15, -0.1) is 0 Å². The van der Waals surface area contributed by atoms with E-state index in [-0.39, 0.29) is 18.5 Å². The molecule has 118 valence electrons. The SMILES string of the molecule is CC1OC(C(C)c2ccnc3c(-c4ccc(Cl)cc4)cnn23)O1. The molecule has 3 aromatic rings. The first-order chi connectivity index (χ1) is 11.1. The van der Waals surface area contributed by atoms with Gasteiger partial charge in [0.25, 0.3) is 0 Å². The van der Waals surface area contributed by atoms with Crippen molar-refractivity contribution >= 4 is 17.2 Å². The Morgan fingerprint density at radius 3 is 2.61 bits per heavy atom. The van der Waals surface area contributed by atoms with Crippen LogP contribution in [-0.2, 0) is 9.47 Å². The first-order valence-electron chi connectivity index (χ1n) is 7.53. The third-order valence-corrected chi connectivity index (χ3v) is 4.36. The normalized spacial score (nSPS) is 22.0. The lowest BCUT2D eigenvalue weighted by molar-refractivity contribution is -0.382. The van der Waals surface area contributed by atoms with Crippen LogP contribution < -0.4 is 0 Å². The average molecular weight is 330 g/mol. The molecule has 1 aliphatic heterocycles. The number of aromatic nitrogens is 3. The maximum absolute atomic E-state index is 5.96. The zero-order chi connectivity index (χ0) is 16.0. The lowest BCUT2D eigenvalue weighted by Crippen LogP contribution is -2.42. The van der Waals surface area contributed by atoms with Crippen molar-refractivity contribution in [1.82, 2.24) is 14.6 Å². The quantitative estimate of drug-likeness (QED) is 0.732. The topological polar surface area (TPSA) is 48.7 Å². The highest BCUT2D eigenvalue weighted by Crippen LogP contribution is 2.32. The summed E-state index contributed by atoms with van der Waals surface area (Å²) in [6, 6.07) is 9.62. The minimum Gasteiger partial charge on any atom is -0.323 e. The van der Waals surface area contributed by atoms with Gasteiger partial charge in [0.05, 0.1) is 17.8 Å². The molecule has 1 aromatic carbocycles. The Balaban J connectivity index is 1.76. The van der Waals surface area contributed by atoms with E-state index in [1.54, 1.807) is 6.20 Å². The fourth-order valence-corrected chi connectivity index (χ4v) is 2.98. The summed E-state index contributed by atoms with van der Waals surface area (Å²) in [4.78, 5) is 4.49. The van der Waals surface area contributed by atoms with Gasteiger partial charge in [-0.3, -0.25) is 0 Å². The Hall–Kier alpha value is -1.95. The van der Waals surface area contributed by atoms with Crippen molar-refractivity contribution in [3.8, 4) is 11.1 Å². The van der Waals surface area contributed by atoms with Gasteiger partial charge in [-0.05, 0) is 30.7 Å². The van der Waals surface area contributed by atoms with Gasteiger partial charge in [-0.1, -0.05) is 30.7 Å². The molecule has 2 aromatic heterocycles. The standard InChI is InChI=1S/C17H16ClN3O2/c1-10(17-22-11(2)23-17)15-7-8-19-16-14(9-20-21(15)16)12-3-5-13(18)6-4-12/h3-11,17H,1-2H3. The van der Waals surface area contributed by atoms with Crippen molar-refractivity contribution in [2.24, 2.45) is 0 Å². The zero-order valence-electron chi connectivity index (χ0n) is 12.8. The molecule has 0 aliphatic carbocycles. The van der Waals surface area contributed by atoms with E-state index in [1.165, 1.54) is 0 Å². The highest BCUT2D eigenvalue weighted by molar-refractivity contribution is 6.30. The van der Waals surface area contributed by atoms with E-state index in [0.29, 0.717) is 5.02 Å². The van der Waals surface area contributed by atoms with Crippen LogP contribution in [0, 0.1) is 0 Å². The first-order valence-corrected chi connectivity index (χ1v) is 7.91. The van der Waals surface area contributed by atoms with Crippen LogP contribution in [0.5, 0.6) is 0 Å². The number of fused-ring (bicyclic) bond motifs is 1. The van der Waals surface area contributed by atoms with E-state index in [9.17, 15) is 0 Å². The summed E-state index contributed by atoms with van der Waals surface area (Å²) in [7, 11) is 0. The molecule has 0 bridgehead atoms. The zero-order valence-corrected chi connectivity index (χ0v) is 13.6. The molecule has 0 N–H and O–H groups in total. The number of benzene rings is 1. The van der Waals surface area contributed by atoms with Crippen LogP contribution >= 0.6 is 11.6 Å². The summed E-state index contributed by atoms with van der Waals surface area (Å²) < 4.78 is 13.1. The van der Waals surface area contributed by atoms with Crippen molar-refractivity contribution in [1.29, 1.82) is 0 Å². The predicted octanol–water partition coefficient (Wildman–Crippen LogP) is 3.87. The Bertz CT molecular complexity index is 841. The summed E-state index contributed by atoms with van der Waals surface area (Å²) >= 11 is 5.96. The van der Waals surface area contributed by atoms with Crippen LogP contribution in [-0.4, -0.2) is 27.2 Å². The fraction of sp³-hybridized carbons (Fsp3) is 0.294. The fourth-order valence-electron chi connectivity index (χ4n) is 2.85. The molecular formula is C17H16ClN3O2. The smallest absolute Gasteiger partial charge is 0.171 e. The second kappa shape index (κ2) is 5.60. The van der Waals surface area contributed by atoms with E-state index in [4.69, 9.17) is 21.1 Å². The van der Waals surface area contributed by atoms with E-state index in [0.717, 1.165) is 22.5 Å². The molecule has 1 atom stereocenters. The number of halogens is 1. The van der Waals surface area contributed by atoms with E-state index < -0.39 is 0 Å². The molecule has 0 spiro atoms. The minimum absolute atomic E-state index is 0.0645. The van der Waals surface area contributed by atoms with Crippen LogP contribution in [0.25, 0.3) is 16.8 Å². The minimum atomic E-state index is -0.237. The Morgan fingerprint density at radius 2 is 1.91 bits per heavy atom. The van der Waals surface area contributed by atoms with Crippen LogP contribution in [0.15, 0.2) is 42.7 Å². The van der Waals surface area contributed by atoms with E-state index >= 15 is 0 Å². The molecule has 0 saturated carbocycles. The summed E-state index contributed by atoms with van der Waals surface area (Å²) in [6.45, 7) is 3.95. The van der Waals surface area contributed by atoms with Gasteiger partial charge < -0.3 is 9.47 Å². The van der Waals surface area contributed by atoms with Gasteiger partial charge >= 0.3 is 0 Å². The Kier molecular flexibility index (Phi) is 3.56. The number of hydrogen-bond acceptors (Lipinski definition) is 4. The van der Waals surface area contributed by atoms with Crippen molar-refractivity contribution in [2.75, 3.05) is 0 Å². The van der Waals surface area contributed by atoms with Gasteiger partial charge in [-0.2, -0.15) is 5.10 Å².